The number of amidine groups is 1. The molecular formula is C15H14BClN2O. The molecule has 1 aliphatic heterocycles. The average molecular weight is 285 g/mol. The second kappa shape index (κ2) is 4.87. The van der Waals surface area contributed by atoms with Gasteiger partial charge in [0.05, 0.1) is 0 Å². The molecule has 0 fully saturated rings. The molecule has 3 nitrogen and oxygen atoms in total. The number of hydrogen-bond acceptors (Lipinski definition) is 3. The van der Waals surface area contributed by atoms with E-state index in [0.717, 1.165) is 11.1 Å². The van der Waals surface area contributed by atoms with Gasteiger partial charge in [-0.05, 0) is 23.3 Å². The molecule has 0 saturated heterocycles. The fourth-order valence-corrected chi connectivity index (χ4v) is 2.65. The number of nitrogens with two attached hydrogens (primary N) is 1. The maximum absolute atomic E-state index is 5.97. The molecule has 1 aliphatic rings. The molecule has 0 aromatic heterocycles. The topological polar surface area (TPSA) is 47.6 Å². The Hall–Kier alpha value is -1.94. The highest BCUT2D eigenvalue weighted by Gasteiger charge is 2.39. The predicted octanol–water partition coefficient (Wildman–Crippen LogP) is 1.19. The minimum atomic E-state index is -0.583. The highest BCUT2D eigenvalue weighted by molar-refractivity contribution is 6.32. The van der Waals surface area contributed by atoms with Gasteiger partial charge in [0.1, 0.15) is 20.0 Å². The first-order valence-corrected chi connectivity index (χ1v) is 6.79. The quantitative estimate of drug-likeness (QED) is 0.842. The Bertz CT molecular complexity index is 672. The van der Waals surface area contributed by atoms with Crippen molar-refractivity contribution in [2.45, 2.75) is 5.54 Å². The molecule has 0 spiro atoms. The highest BCUT2D eigenvalue weighted by atomic mass is 35.5. The van der Waals surface area contributed by atoms with Crippen LogP contribution in [0.4, 0.5) is 0 Å². The molecule has 1 unspecified atom stereocenters. The van der Waals surface area contributed by atoms with E-state index in [1.54, 1.807) is 0 Å². The Kier molecular flexibility index (Phi) is 3.18. The molecule has 5 heteroatoms. The monoisotopic (exact) mass is 284 g/mol. The van der Waals surface area contributed by atoms with E-state index in [0.29, 0.717) is 11.6 Å². The van der Waals surface area contributed by atoms with E-state index < -0.39 is 5.54 Å². The zero-order valence-corrected chi connectivity index (χ0v) is 11.9. The molecule has 1 heterocycles. The fourth-order valence-electron chi connectivity index (χ4n) is 2.52. The second-order valence-electron chi connectivity index (χ2n) is 4.98. The van der Waals surface area contributed by atoms with Gasteiger partial charge >= 0.3 is 0 Å². The van der Waals surface area contributed by atoms with Gasteiger partial charge in [0.2, 0.25) is 0 Å². The molecule has 0 radical (unpaired) electrons. The lowest BCUT2D eigenvalue weighted by molar-refractivity contribution is 0.278. The number of ether oxygens (including phenoxy) is 1. The first-order chi connectivity index (χ1) is 9.60. The van der Waals surface area contributed by atoms with Gasteiger partial charge in [-0.15, -0.1) is 0 Å². The summed E-state index contributed by atoms with van der Waals surface area (Å²) in [6.45, 7) is 0.407. The smallest absolute Gasteiger partial charge is 0.283 e. The molecule has 0 bridgehead atoms. The van der Waals surface area contributed by atoms with Crippen molar-refractivity contribution in [2.75, 3.05) is 6.61 Å². The SMILES string of the molecule is Bc1cccc(C2(c3ccc(Cl)cc3)COC(N)=N2)c1. The molecule has 20 heavy (non-hydrogen) atoms. The Labute approximate surface area is 123 Å². The third-order valence-electron chi connectivity index (χ3n) is 3.55. The predicted molar refractivity (Wildman–Crippen MR) is 84.4 cm³/mol. The molecule has 2 N–H and O–H groups in total. The minimum Gasteiger partial charge on any atom is -0.462 e. The van der Waals surface area contributed by atoms with E-state index in [9.17, 15) is 0 Å². The maximum atomic E-state index is 5.97. The fraction of sp³-hybridized carbons (Fsp3) is 0.133. The van der Waals surface area contributed by atoms with E-state index in [-0.39, 0.29) is 6.02 Å². The van der Waals surface area contributed by atoms with Crippen LogP contribution in [0.5, 0.6) is 0 Å². The van der Waals surface area contributed by atoms with E-state index in [1.807, 2.05) is 36.4 Å². The largest absolute Gasteiger partial charge is 0.462 e. The summed E-state index contributed by atoms with van der Waals surface area (Å²) in [5.74, 6) is 0. The lowest BCUT2D eigenvalue weighted by atomic mass is 9.81. The minimum absolute atomic E-state index is 0.224. The summed E-state index contributed by atoms with van der Waals surface area (Å²) in [4.78, 5) is 4.56. The summed E-state index contributed by atoms with van der Waals surface area (Å²) in [5.41, 5.74) is 8.44. The average Bonchev–Trinajstić information content (AvgIpc) is 2.83. The summed E-state index contributed by atoms with van der Waals surface area (Å²) in [7, 11) is 2.06. The second-order valence-corrected chi connectivity index (χ2v) is 5.41. The maximum Gasteiger partial charge on any atom is 0.283 e. The number of benzene rings is 2. The molecule has 2 aromatic carbocycles. The Morgan fingerprint density at radius 2 is 1.90 bits per heavy atom. The first-order valence-electron chi connectivity index (χ1n) is 6.41. The van der Waals surface area contributed by atoms with Crippen molar-refractivity contribution in [3.63, 3.8) is 0 Å². The van der Waals surface area contributed by atoms with Crippen molar-refractivity contribution in [1.82, 2.24) is 0 Å². The number of rotatable bonds is 2. The normalized spacial score (nSPS) is 21.4. The number of halogens is 1. The molecular weight excluding hydrogens is 270 g/mol. The van der Waals surface area contributed by atoms with Gasteiger partial charge in [0.15, 0.2) is 0 Å². The van der Waals surface area contributed by atoms with Crippen molar-refractivity contribution in [3.05, 3.63) is 64.7 Å². The zero-order chi connectivity index (χ0) is 14.2. The number of nitrogens with zero attached hydrogens (tertiary/aromatic N) is 1. The Balaban J connectivity index is 2.18. The lowest BCUT2D eigenvalue weighted by Crippen LogP contribution is -2.28. The van der Waals surface area contributed by atoms with Crippen LogP contribution in [0.3, 0.4) is 0 Å². The van der Waals surface area contributed by atoms with Crippen LogP contribution in [-0.2, 0) is 10.3 Å². The van der Waals surface area contributed by atoms with Gasteiger partial charge in [0, 0.05) is 5.02 Å². The van der Waals surface area contributed by atoms with Gasteiger partial charge < -0.3 is 10.5 Å². The van der Waals surface area contributed by atoms with Crippen molar-refractivity contribution in [3.8, 4) is 0 Å². The van der Waals surface area contributed by atoms with Crippen LogP contribution in [0.15, 0.2) is 53.5 Å². The van der Waals surface area contributed by atoms with E-state index >= 15 is 0 Å². The van der Waals surface area contributed by atoms with Crippen LogP contribution in [-0.4, -0.2) is 20.5 Å². The van der Waals surface area contributed by atoms with Gasteiger partial charge in [-0.1, -0.05) is 53.5 Å². The Morgan fingerprint density at radius 3 is 2.50 bits per heavy atom. The molecule has 3 rings (SSSR count). The van der Waals surface area contributed by atoms with Gasteiger partial charge in [-0.3, -0.25) is 0 Å². The van der Waals surface area contributed by atoms with E-state index in [1.165, 1.54) is 5.46 Å². The van der Waals surface area contributed by atoms with Crippen molar-refractivity contribution in [2.24, 2.45) is 10.7 Å². The van der Waals surface area contributed by atoms with E-state index in [2.05, 4.69) is 25.0 Å². The van der Waals surface area contributed by atoms with Crippen molar-refractivity contribution < 1.29 is 4.74 Å². The standard InChI is InChI=1S/C15H14BClN2O/c16-12-3-1-2-11(8-12)15(9-20-14(18)19-15)10-4-6-13(17)7-5-10/h1-8H,9,16H2,(H2,18,19). The summed E-state index contributed by atoms with van der Waals surface area (Å²) >= 11 is 5.97. The first kappa shape index (κ1) is 13.1. The number of aliphatic imine (C=N–C) groups is 1. The third-order valence-corrected chi connectivity index (χ3v) is 3.80. The van der Waals surface area contributed by atoms with E-state index in [4.69, 9.17) is 22.1 Å². The highest BCUT2D eigenvalue weighted by Crippen LogP contribution is 2.37. The van der Waals surface area contributed by atoms with Gasteiger partial charge in [-0.25, -0.2) is 4.99 Å². The molecule has 1 atom stereocenters. The molecule has 0 aliphatic carbocycles. The zero-order valence-electron chi connectivity index (χ0n) is 11.1. The van der Waals surface area contributed by atoms with Crippen molar-refractivity contribution in [1.29, 1.82) is 0 Å². The number of hydrogen-bond donors (Lipinski definition) is 1. The molecule has 2 aromatic rings. The van der Waals surface area contributed by atoms with Crippen LogP contribution < -0.4 is 11.2 Å². The molecule has 0 amide bonds. The summed E-state index contributed by atoms with van der Waals surface area (Å²) in [5, 5.41) is 0.698. The lowest BCUT2D eigenvalue weighted by Gasteiger charge is -2.25. The van der Waals surface area contributed by atoms with Crippen LogP contribution in [0, 0.1) is 0 Å². The van der Waals surface area contributed by atoms with Crippen molar-refractivity contribution >= 4 is 30.9 Å². The van der Waals surface area contributed by atoms with Gasteiger partial charge in [-0.2, -0.15) is 0 Å². The summed E-state index contributed by atoms with van der Waals surface area (Å²) < 4.78 is 5.44. The van der Waals surface area contributed by atoms with Crippen LogP contribution >= 0.6 is 11.6 Å². The summed E-state index contributed by atoms with van der Waals surface area (Å²) in [6, 6.07) is 16.1. The van der Waals surface area contributed by atoms with Crippen LogP contribution in [0.25, 0.3) is 0 Å². The van der Waals surface area contributed by atoms with Crippen LogP contribution in [0.1, 0.15) is 11.1 Å². The summed E-state index contributed by atoms with van der Waals surface area (Å²) in [6.07, 6.45) is 0. The van der Waals surface area contributed by atoms with Crippen LogP contribution in [0.2, 0.25) is 5.02 Å². The third kappa shape index (κ3) is 2.16. The Morgan fingerprint density at radius 1 is 1.15 bits per heavy atom. The molecule has 100 valence electrons. The van der Waals surface area contributed by atoms with Gasteiger partial charge in [0.25, 0.3) is 6.02 Å². The molecule has 0 saturated carbocycles.